The van der Waals surface area contributed by atoms with Crippen LogP contribution in [0.1, 0.15) is 72.6 Å². The minimum atomic E-state index is 0.402. The summed E-state index contributed by atoms with van der Waals surface area (Å²) >= 11 is 0. The summed E-state index contributed by atoms with van der Waals surface area (Å²) in [6.45, 7) is 10.7. The highest BCUT2D eigenvalue weighted by molar-refractivity contribution is 4.95. The third-order valence-corrected chi connectivity index (χ3v) is 5.68. The first-order valence-electron chi connectivity index (χ1n) is 8.44. The van der Waals surface area contributed by atoms with Gasteiger partial charge in [0.25, 0.3) is 0 Å². The number of nitrogens with zero attached hydrogens (tertiary/aromatic N) is 1. The predicted molar refractivity (Wildman–Crippen MR) is 83.2 cm³/mol. The molecular formula is C17H34N2. The fourth-order valence-electron chi connectivity index (χ4n) is 4.34. The van der Waals surface area contributed by atoms with Gasteiger partial charge in [0.15, 0.2) is 0 Å². The van der Waals surface area contributed by atoms with Gasteiger partial charge in [-0.3, -0.25) is 4.90 Å². The SMILES string of the molecule is CCN(C1CCCC1)C1CC(C(C)(C)C)CCC1N. The highest BCUT2D eigenvalue weighted by Crippen LogP contribution is 2.40. The smallest absolute Gasteiger partial charge is 0.0252 e. The van der Waals surface area contributed by atoms with Gasteiger partial charge in [-0.15, -0.1) is 0 Å². The molecule has 0 spiro atoms. The fraction of sp³-hybridized carbons (Fsp3) is 1.00. The van der Waals surface area contributed by atoms with Crippen molar-refractivity contribution in [2.75, 3.05) is 6.54 Å². The molecule has 2 aliphatic rings. The summed E-state index contributed by atoms with van der Waals surface area (Å²) in [5, 5.41) is 0. The molecule has 2 rings (SSSR count). The fourth-order valence-corrected chi connectivity index (χ4v) is 4.34. The number of nitrogens with two attached hydrogens (primary N) is 1. The Bertz CT molecular complexity index is 275. The van der Waals surface area contributed by atoms with Crippen LogP contribution in [0.15, 0.2) is 0 Å². The van der Waals surface area contributed by atoms with Gasteiger partial charge in [-0.2, -0.15) is 0 Å². The second-order valence-corrected chi connectivity index (χ2v) is 7.88. The molecule has 19 heavy (non-hydrogen) atoms. The van der Waals surface area contributed by atoms with E-state index in [0.717, 1.165) is 12.0 Å². The molecule has 0 aromatic heterocycles. The van der Waals surface area contributed by atoms with Crippen molar-refractivity contribution in [2.24, 2.45) is 17.1 Å². The third kappa shape index (κ3) is 3.52. The van der Waals surface area contributed by atoms with Crippen molar-refractivity contribution < 1.29 is 0 Å². The van der Waals surface area contributed by atoms with E-state index in [2.05, 4.69) is 32.6 Å². The van der Waals surface area contributed by atoms with E-state index in [1.54, 1.807) is 0 Å². The lowest BCUT2D eigenvalue weighted by Gasteiger charge is -2.47. The van der Waals surface area contributed by atoms with Crippen LogP contribution in [0.2, 0.25) is 0 Å². The lowest BCUT2D eigenvalue weighted by molar-refractivity contribution is 0.0470. The molecular weight excluding hydrogens is 232 g/mol. The second kappa shape index (κ2) is 6.13. The van der Waals surface area contributed by atoms with E-state index in [-0.39, 0.29) is 0 Å². The van der Waals surface area contributed by atoms with Crippen LogP contribution in [0, 0.1) is 11.3 Å². The van der Waals surface area contributed by atoms with Crippen molar-refractivity contribution in [3.05, 3.63) is 0 Å². The van der Waals surface area contributed by atoms with Gasteiger partial charge in [0.05, 0.1) is 0 Å². The lowest BCUT2D eigenvalue weighted by atomic mass is 9.69. The van der Waals surface area contributed by atoms with E-state index in [0.29, 0.717) is 17.5 Å². The van der Waals surface area contributed by atoms with Crippen LogP contribution < -0.4 is 5.73 Å². The van der Waals surface area contributed by atoms with E-state index in [9.17, 15) is 0 Å². The summed E-state index contributed by atoms with van der Waals surface area (Å²) in [5.41, 5.74) is 6.92. The number of hydrogen-bond acceptors (Lipinski definition) is 2. The van der Waals surface area contributed by atoms with Gasteiger partial charge in [0.2, 0.25) is 0 Å². The molecule has 2 N–H and O–H groups in total. The minimum Gasteiger partial charge on any atom is -0.326 e. The Hall–Kier alpha value is -0.0800. The van der Waals surface area contributed by atoms with Gasteiger partial charge in [0.1, 0.15) is 0 Å². The first kappa shape index (κ1) is 15.3. The minimum absolute atomic E-state index is 0.402. The summed E-state index contributed by atoms with van der Waals surface area (Å²) < 4.78 is 0. The van der Waals surface area contributed by atoms with Crippen molar-refractivity contribution in [3.8, 4) is 0 Å². The van der Waals surface area contributed by atoms with E-state index in [1.807, 2.05) is 0 Å². The average Bonchev–Trinajstić information content (AvgIpc) is 2.84. The van der Waals surface area contributed by atoms with Crippen LogP contribution in [-0.4, -0.2) is 29.6 Å². The lowest BCUT2D eigenvalue weighted by Crippen LogP contribution is -2.55. The molecule has 2 fully saturated rings. The molecule has 3 atom stereocenters. The third-order valence-electron chi connectivity index (χ3n) is 5.68. The molecule has 0 aliphatic heterocycles. The average molecular weight is 266 g/mol. The van der Waals surface area contributed by atoms with Gasteiger partial charge in [-0.25, -0.2) is 0 Å². The molecule has 0 heterocycles. The Kier molecular flexibility index (Phi) is 4.94. The Morgan fingerprint density at radius 1 is 1.05 bits per heavy atom. The summed E-state index contributed by atoms with van der Waals surface area (Å²) in [7, 11) is 0. The largest absolute Gasteiger partial charge is 0.326 e. The van der Waals surface area contributed by atoms with Crippen LogP contribution in [0.5, 0.6) is 0 Å². The van der Waals surface area contributed by atoms with Crippen molar-refractivity contribution >= 4 is 0 Å². The molecule has 3 unspecified atom stereocenters. The quantitative estimate of drug-likeness (QED) is 0.842. The van der Waals surface area contributed by atoms with Crippen LogP contribution in [-0.2, 0) is 0 Å². The van der Waals surface area contributed by atoms with Gasteiger partial charge < -0.3 is 5.73 Å². The number of rotatable bonds is 3. The zero-order chi connectivity index (χ0) is 14.0. The van der Waals surface area contributed by atoms with Gasteiger partial charge in [0, 0.05) is 18.1 Å². The molecule has 0 amide bonds. The molecule has 0 bridgehead atoms. The van der Waals surface area contributed by atoms with Crippen molar-refractivity contribution in [2.45, 2.75) is 90.8 Å². The van der Waals surface area contributed by atoms with E-state index >= 15 is 0 Å². The van der Waals surface area contributed by atoms with Gasteiger partial charge in [-0.1, -0.05) is 40.5 Å². The first-order chi connectivity index (χ1) is 8.93. The van der Waals surface area contributed by atoms with E-state index in [4.69, 9.17) is 5.73 Å². The maximum Gasteiger partial charge on any atom is 0.0252 e. The van der Waals surface area contributed by atoms with Gasteiger partial charge >= 0.3 is 0 Å². The van der Waals surface area contributed by atoms with Crippen molar-refractivity contribution in [1.29, 1.82) is 0 Å². The standard InChI is InChI=1S/C17H34N2/c1-5-19(14-8-6-7-9-14)16-12-13(17(2,3)4)10-11-15(16)18/h13-16H,5-12,18H2,1-4H3. The van der Waals surface area contributed by atoms with Crippen molar-refractivity contribution in [1.82, 2.24) is 4.90 Å². The maximum absolute atomic E-state index is 6.49. The highest BCUT2D eigenvalue weighted by atomic mass is 15.2. The maximum atomic E-state index is 6.49. The van der Waals surface area contributed by atoms with E-state index < -0.39 is 0 Å². The monoisotopic (exact) mass is 266 g/mol. The summed E-state index contributed by atoms with van der Waals surface area (Å²) in [4.78, 5) is 2.76. The Morgan fingerprint density at radius 3 is 2.21 bits per heavy atom. The zero-order valence-electron chi connectivity index (χ0n) is 13.5. The highest BCUT2D eigenvalue weighted by Gasteiger charge is 2.39. The number of likely N-dealkylation sites (N-methyl/N-ethyl adjacent to an activating group) is 1. The Labute approximate surface area is 120 Å². The molecule has 2 heteroatoms. The summed E-state index contributed by atoms with van der Waals surface area (Å²) in [6, 6.07) is 1.85. The molecule has 0 saturated heterocycles. The normalized spacial score (nSPS) is 34.1. The van der Waals surface area contributed by atoms with Crippen LogP contribution >= 0.6 is 0 Å². The van der Waals surface area contributed by atoms with Crippen LogP contribution in [0.3, 0.4) is 0 Å². The number of hydrogen-bond donors (Lipinski definition) is 1. The van der Waals surface area contributed by atoms with Crippen molar-refractivity contribution in [3.63, 3.8) is 0 Å². The molecule has 2 nitrogen and oxygen atoms in total. The summed E-state index contributed by atoms with van der Waals surface area (Å²) in [6.07, 6.45) is 9.50. The van der Waals surface area contributed by atoms with Crippen LogP contribution in [0.4, 0.5) is 0 Å². The van der Waals surface area contributed by atoms with Crippen LogP contribution in [0.25, 0.3) is 0 Å². The molecule has 0 aromatic rings. The zero-order valence-corrected chi connectivity index (χ0v) is 13.5. The topological polar surface area (TPSA) is 29.3 Å². The van der Waals surface area contributed by atoms with E-state index in [1.165, 1.54) is 51.5 Å². The Morgan fingerprint density at radius 2 is 1.68 bits per heavy atom. The summed E-state index contributed by atoms with van der Waals surface area (Å²) in [5.74, 6) is 0.841. The van der Waals surface area contributed by atoms with Gasteiger partial charge in [-0.05, 0) is 50.0 Å². The Balaban J connectivity index is 2.06. The molecule has 112 valence electrons. The molecule has 0 aromatic carbocycles. The second-order valence-electron chi connectivity index (χ2n) is 7.88. The molecule has 0 radical (unpaired) electrons. The molecule has 2 saturated carbocycles. The molecule has 2 aliphatic carbocycles. The predicted octanol–water partition coefficient (Wildman–Crippen LogP) is 3.79. The first-order valence-corrected chi connectivity index (χ1v) is 8.44.